The van der Waals surface area contributed by atoms with Gasteiger partial charge in [-0.05, 0) is 0 Å². The standard InChI is InChI=1S/C8H16N2O6.2Na/c9-2-5(1-6(11)12)10(3-7(13)14)4-8(15)16;;/h5-6,11-12H,1-4,9H2,(H,13,14)(H,15,16);;/q;2*+1/p-2. The third-order valence-corrected chi connectivity index (χ3v) is 1.94. The summed E-state index contributed by atoms with van der Waals surface area (Å²) in [4.78, 5) is 21.7. The third-order valence-electron chi connectivity index (χ3n) is 1.94. The van der Waals surface area contributed by atoms with Crippen LogP contribution in [-0.2, 0) is 9.59 Å². The van der Waals surface area contributed by atoms with Crippen molar-refractivity contribution in [3.63, 3.8) is 0 Å². The normalized spacial score (nSPS) is 11.6. The Labute approximate surface area is 149 Å². The Morgan fingerprint density at radius 3 is 1.72 bits per heavy atom. The van der Waals surface area contributed by atoms with Crippen molar-refractivity contribution >= 4 is 11.9 Å². The molecule has 0 aliphatic heterocycles. The summed E-state index contributed by atoms with van der Waals surface area (Å²) in [5.74, 6) is -2.96. The minimum Gasteiger partial charge on any atom is -0.549 e. The van der Waals surface area contributed by atoms with E-state index in [0.717, 1.165) is 4.90 Å². The van der Waals surface area contributed by atoms with E-state index >= 15 is 0 Å². The quantitative estimate of drug-likeness (QED) is 0.293. The van der Waals surface area contributed by atoms with Crippen LogP contribution in [0.15, 0.2) is 0 Å². The second-order valence-electron chi connectivity index (χ2n) is 3.25. The van der Waals surface area contributed by atoms with Gasteiger partial charge in [0, 0.05) is 32.1 Å². The molecule has 1 unspecified atom stereocenters. The third kappa shape index (κ3) is 11.8. The molecule has 1 atom stereocenters. The average molecular weight is 280 g/mol. The Balaban J connectivity index is -0.00000112. The minimum atomic E-state index is -1.69. The number of nitrogens with two attached hydrogens (primary N) is 1. The molecule has 0 aromatic carbocycles. The van der Waals surface area contributed by atoms with Crippen molar-refractivity contribution in [2.24, 2.45) is 5.73 Å². The number of carbonyl (C=O) groups excluding carboxylic acids is 2. The molecule has 8 nitrogen and oxygen atoms in total. The van der Waals surface area contributed by atoms with Crippen LogP contribution < -0.4 is 75.1 Å². The second kappa shape index (κ2) is 12.8. The van der Waals surface area contributed by atoms with E-state index in [1.165, 1.54) is 0 Å². The van der Waals surface area contributed by atoms with Crippen molar-refractivity contribution in [1.82, 2.24) is 4.90 Å². The number of nitrogens with zero attached hydrogens (tertiary/aromatic N) is 1. The van der Waals surface area contributed by atoms with Crippen molar-refractivity contribution in [2.75, 3.05) is 19.6 Å². The topological polar surface area (TPSA) is 150 Å². The number of aliphatic hydroxyl groups excluding tert-OH is 1. The van der Waals surface area contributed by atoms with E-state index in [1.54, 1.807) is 0 Å². The van der Waals surface area contributed by atoms with Gasteiger partial charge in [0.25, 0.3) is 0 Å². The van der Waals surface area contributed by atoms with Crippen molar-refractivity contribution < 1.29 is 89.1 Å². The second-order valence-corrected chi connectivity index (χ2v) is 3.25. The largest absolute Gasteiger partial charge is 1.00 e. The van der Waals surface area contributed by atoms with Gasteiger partial charge in [-0.1, -0.05) is 0 Å². The molecule has 0 spiro atoms. The molecule has 10 heteroatoms. The molecule has 94 valence electrons. The number of carboxylic acids is 2. The molecule has 0 radical (unpaired) electrons. The number of carbonyl (C=O) groups is 2. The molecule has 0 rings (SSSR count). The summed E-state index contributed by atoms with van der Waals surface area (Å²) >= 11 is 0. The number of hydrogen-bond acceptors (Lipinski definition) is 8. The minimum absolute atomic E-state index is 0. The maximum atomic E-state index is 10.4. The van der Waals surface area contributed by atoms with Crippen molar-refractivity contribution in [3.8, 4) is 0 Å². The van der Waals surface area contributed by atoms with Crippen LogP contribution in [0, 0.1) is 0 Å². The van der Waals surface area contributed by atoms with E-state index in [0.29, 0.717) is 0 Å². The van der Waals surface area contributed by atoms with Gasteiger partial charge in [0.1, 0.15) is 0 Å². The van der Waals surface area contributed by atoms with Crippen LogP contribution in [0.2, 0.25) is 0 Å². The summed E-state index contributed by atoms with van der Waals surface area (Å²) in [5, 5.41) is 38.2. The fourth-order valence-electron chi connectivity index (χ4n) is 1.28. The molecule has 0 heterocycles. The molecular weight excluding hydrogens is 266 g/mol. The zero-order valence-corrected chi connectivity index (χ0v) is 14.5. The van der Waals surface area contributed by atoms with Crippen LogP contribution in [0.25, 0.3) is 0 Å². The number of aliphatic hydroxyl groups is 2. The Morgan fingerprint density at radius 1 is 1.11 bits per heavy atom. The van der Waals surface area contributed by atoms with Crippen molar-refractivity contribution in [1.29, 1.82) is 0 Å². The maximum absolute atomic E-state index is 10.4. The van der Waals surface area contributed by atoms with Crippen molar-refractivity contribution in [3.05, 3.63) is 0 Å². The fourth-order valence-corrected chi connectivity index (χ4v) is 1.28. The fraction of sp³-hybridized carbons (Fsp3) is 0.750. The first-order valence-corrected chi connectivity index (χ1v) is 4.56. The molecule has 0 saturated heterocycles. The molecule has 0 fully saturated rings. The van der Waals surface area contributed by atoms with Gasteiger partial charge in [0.05, 0.1) is 11.9 Å². The van der Waals surface area contributed by atoms with Crippen LogP contribution in [-0.4, -0.2) is 59.0 Å². The zero-order valence-electron chi connectivity index (χ0n) is 10.5. The summed E-state index contributed by atoms with van der Waals surface area (Å²) in [6.45, 7) is -1.44. The molecule has 18 heavy (non-hydrogen) atoms. The van der Waals surface area contributed by atoms with E-state index in [9.17, 15) is 19.8 Å². The van der Waals surface area contributed by atoms with Crippen LogP contribution in [0.5, 0.6) is 0 Å². The summed E-state index contributed by atoms with van der Waals surface area (Å²) in [7, 11) is 0. The van der Waals surface area contributed by atoms with Gasteiger partial charge in [-0.2, -0.15) is 0 Å². The first kappa shape index (κ1) is 23.8. The predicted octanol–water partition coefficient (Wildman–Crippen LogP) is -11.2. The first-order chi connectivity index (χ1) is 7.36. The summed E-state index contributed by atoms with van der Waals surface area (Å²) in [5.41, 5.74) is 5.28. The summed E-state index contributed by atoms with van der Waals surface area (Å²) in [6, 6.07) is -0.782. The predicted molar refractivity (Wildman–Crippen MR) is 47.3 cm³/mol. The van der Waals surface area contributed by atoms with Gasteiger partial charge in [-0.3, -0.25) is 4.90 Å². The van der Waals surface area contributed by atoms with E-state index in [-0.39, 0.29) is 72.1 Å². The smallest absolute Gasteiger partial charge is 0.549 e. The van der Waals surface area contributed by atoms with E-state index in [4.69, 9.17) is 15.9 Å². The molecule has 4 N–H and O–H groups in total. The van der Waals surface area contributed by atoms with Gasteiger partial charge in [0.2, 0.25) is 0 Å². The van der Waals surface area contributed by atoms with E-state index < -0.39 is 37.4 Å². The molecule has 0 aliphatic carbocycles. The molecule has 0 saturated carbocycles. The Bertz CT molecular complexity index is 238. The van der Waals surface area contributed by atoms with Crippen LogP contribution in [0.1, 0.15) is 6.42 Å². The number of rotatable bonds is 8. The Hall–Kier alpha value is 0.780. The number of carboxylic acid groups (broad SMARTS) is 2. The molecule has 0 aromatic heterocycles. The van der Waals surface area contributed by atoms with E-state index in [1.807, 2.05) is 0 Å². The van der Waals surface area contributed by atoms with Gasteiger partial charge in [0.15, 0.2) is 6.29 Å². The Morgan fingerprint density at radius 2 is 1.50 bits per heavy atom. The molecular formula is C8H14N2Na2O6. The Kier molecular flexibility index (Phi) is 16.9. The van der Waals surface area contributed by atoms with Crippen LogP contribution in [0.3, 0.4) is 0 Å². The first-order valence-electron chi connectivity index (χ1n) is 4.56. The maximum Gasteiger partial charge on any atom is 1.00 e. The average Bonchev–Trinajstić information content (AvgIpc) is 2.11. The zero-order chi connectivity index (χ0) is 12.7. The molecule has 0 aliphatic rings. The molecule has 0 aromatic rings. The van der Waals surface area contributed by atoms with Gasteiger partial charge >= 0.3 is 59.1 Å². The SMILES string of the molecule is NCC(CC(O)O)N(CC(=O)[O-])CC(=O)[O-].[Na+].[Na+]. The van der Waals surface area contributed by atoms with Crippen molar-refractivity contribution in [2.45, 2.75) is 18.8 Å². The van der Waals surface area contributed by atoms with Gasteiger partial charge in [-0.15, -0.1) is 0 Å². The number of hydrogen-bond donors (Lipinski definition) is 3. The van der Waals surface area contributed by atoms with Crippen LogP contribution in [0.4, 0.5) is 0 Å². The van der Waals surface area contributed by atoms with Gasteiger partial charge in [-0.25, -0.2) is 0 Å². The number of aliphatic carboxylic acids is 2. The monoisotopic (exact) mass is 280 g/mol. The molecule has 0 bridgehead atoms. The van der Waals surface area contributed by atoms with Gasteiger partial charge < -0.3 is 35.7 Å². The summed E-state index contributed by atoms with van der Waals surface area (Å²) in [6.07, 6.45) is -1.95. The van der Waals surface area contributed by atoms with Crippen LogP contribution >= 0.6 is 0 Å². The van der Waals surface area contributed by atoms with E-state index in [2.05, 4.69) is 0 Å². The molecule has 0 amide bonds. The summed E-state index contributed by atoms with van der Waals surface area (Å²) < 4.78 is 0.